The summed E-state index contributed by atoms with van der Waals surface area (Å²) in [5.74, 6) is 0.0718. The first-order valence-electron chi connectivity index (χ1n) is 7.96. The summed E-state index contributed by atoms with van der Waals surface area (Å²) >= 11 is 6.01. The van der Waals surface area contributed by atoms with E-state index in [2.05, 4.69) is 10.6 Å². The maximum absolute atomic E-state index is 12.5. The largest absolute Gasteiger partial charge is 0.490 e. The molecule has 132 valence electrons. The molecule has 5 nitrogen and oxygen atoms in total. The molecule has 2 aromatic carbocycles. The van der Waals surface area contributed by atoms with E-state index >= 15 is 0 Å². The number of nitrogens with one attached hydrogen (secondary N) is 2. The number of anilines is 1. The lowest BCUT2D eigenvalue weighted by Gasteiger charge is -2.14. The van der Waals surface area contributed by atoms with Crippen LogP contribution in [0, 0.1) is 0 Å². The molecule has 0 aliphatic rings. The van der Waals surface area contributed by atoms with Crippen LogP contribution in [-0.2, 0) is 11.3 Å². The molecule has 0 spiro atoms. The lowest BCUT2D eigenvalue weighted by Crippen LogP contribution is -2.24. The van der Waals surface area contributed by atoms with Crippen LogP contribution >= 0.6 is 11.6 Å². The molecule has 25 heavy (non-hydrogen) atoms. The number of benzene rings is 2. The average Bonchev–Trinajstić information content (AvgIpc) is 2.53. The van der Waals surface area contributed by atoms with Crippen molar-refractivity contribution in [2.75, 3.05) is 5.32 Å². The lowest BCUT2D eigenvalue weighted by atomic mass is 10.1. The van der Waals surface area contributed by atoms with Crippen molar-refractivity contribution >= 4 is 29.1 Å². The Hall–Kier alpha value is -2.53. The minimum Gasteiger partial charge on any atom is -0.490 e. The SMILES string of the molecule is CC(=O)Nc1cccc(CNC(=O)c2cc(Cl)ccc2OC(C)C)c1. The zero-order valence-electron chi connectivity index (χ0n) is 14.4. The fraction of sp³-hybridized carbons (Fsp3) is 0.263. The van der Waals surface area contributed by atoms with Gasteiger partial charge in [-0.15, -0.1) is 0 Å². The van der Waals surface area contributed by atoms with Crippen LogP contribution in [0.5, 0.6) is 5.75 Å². The molecule has 2 amide bonds. The second kappa shape index (κ2) is 8.53. The van der Waals surface area contributed by atoms with Crippen LogP contribution in [0.25, 0.3) is 0 Å². The topological polar surface area (TPSA) is 67.4 Å². The van der Waals surface area contributed by atoms with E-state index in [1.807, 2.05) is 32.0 Å². The van der Waals surface area contributed by atoms with Crippen molar-refractivity contribution in [2.24, 2.45) is 0 Å². The van der Waals surface area contributed by atoms with Crippen LogP contribution in [0.15, 0.2) is 42.5 Å². The third kappa shape index (κ3) is 5.80. The van der Waals surface area contributed by atoms with Crippen molar-refractivity contribution in [3.63, 3.8) is 0 Å². The van der Waals surface area contributed by atoms with E-state index in [0.29, 0.717) is 28.6 Å². The highest BCUT2D eigenvalue weighted by molar-refractivity contribution is 6.31. The van der Waals surface area contributed by atoms with E-state index in [-0.39, 0.29) is 17.9 Å². The highest BCUT2D eigenvalue weighted by atomic mass is 35.5. The Kier molecular flexibility index (Phi) is 6.42. The summed E-state index contributed by atoms with van der Waals surface area (Å²) in [4.78, 5) is 23.6. The summed E-state index contributed by atoms with van der Waals surface area (Å²) in [6, 6.07) is 12.3. The van der Waals surface area contributed by atoms with Gasteiger partial charge in [0.2, 0.25) is 5.91 Å². The van der Waals surface area contributed by atoms with Crippen LogP contribution in [-0.4, -0.2) is 17.9 Å². The summed E-state index contributed by atoms with van der Waals surface area (Å²) in [7, 11) is 0. The number of carbonyl (C=O) groups excluding carboxylic acids is 2. The minimum absolute atomic E-state index is 0.0536. The Morgan fingerprint density at radius 2 is 1.92 bits per heavy atom. The van der Waals surface area contributed by atoms with Gasteiger partial charge in [0.25, 0.3) is 5.91 Å². The van der Waals surface area contributed by atoms with Gasteiger partial charge in [0.05, 0.1) is 11.7 Å². The van der Waals surface area contributed by atoms with Gasteiger partial charge in [-0.2, -0.15) is 0 Å². The van der Waals surface area contributed by atoms with Gasteiger partial charge in [-0.25, -0.2) is 0 Å². The van der Waals surface area contributed by atoms with E-state index in [4.69, 9.17) is 16.3 Å². The van der Waals surface area contributed by atoms with Crippen LogP contribution in [0.4, 0.5) is 5.69 Å². The summed E-state index contributed by atoms with van der Waals surface area (Å²) in [6.07, 6.45) is -0.0536. The van der Waals surface area contributed by atoms with Gasteiger partial charge in [-0.1, -0.05) is 23.7 Å². The zero-order valence-corrected chi connectivity index (χ0v) is 15.2. The molecule has 6 heteroatoms. The number of amides is 2. The van der Waals surface area contributed by atoms with E-state index in [0.717, 1.165) is 5.56 Å². The van der Waals surface area contributed by atoms with Gasteiger partial charge in [0.1, 0.15) is 5.75 Å². The van der Waals surface area contributed by atoms with Crippen molar-refractivity contribution in [3.05, 3.63) is 58.6 Å². The molecule has 0 heterocycles. The predicted molar refractivity (Wildman–Crippen MR) is 99.1 cm³/mol. The average molecular weight is 361 g/mol. The number of rotatable bonds is 6. The van der Waals surface area contributed by atoms with Gasteiger partial charge in [0.15, 0.2) is 0 Å². The summed E-state index contributed by atoms with van der Waals surface area (Å²) in [5, 5.41) is 6.03. The highest BCUT2D eigenvalue weighted by Gasteiger charge is 2.14. The monoisotopic (exact) mass is 360 g/mol. The first-order chi connectivity index (χ1) is 11.8. The standard InChI is InChI=1S/C19H21ClN2O3/c1-12(2)25-18-8-7-15(20)10-17(18)19(24)21-11-14-5-4-6-16(9-14)22-13(3)23/h4-10,12H,11H2,1-3H3,(H,21,24)(H,22,23). The predicted octanol–water partition coefficient (Wildman–Crippen LogP) is 4.02. The number of ether oxygens (including phenoxy) is 1. The molecule has 0 aromatic heterocycles. The van der Waals surface area contributed by atoms with Crippen molar-refractivity contribution in [3.8, 4) is 5.75 Å². The molecule has 0 fully saturated rings. The Labute approximate surface area is 152 Å². The lowest BCUT2D eigenvalue weighted by molar-refractivity contribution is -0.114. The Morgan fingerprint density at radius 1 is 1.16 bits per heavy atom. The Balaban J connectivity index is 2.10. The maximum atomic E-state index is 12.5. The minimum atomic E-state index is -0.275. The molecule has 0 saturated carbocycles. The van der Waals surface area contributed by atoms with E-state index < -0.39 is 0 Å². The van der Waals surface area contributed by atoms with Crippen molar-refractivity contribution in [2.45, 2.75) is 33.4 Å². The van der Waals surface area contributed by atoms with Gasteiger partial charge >= 0.3 is 0 Å². The normalized spacial score (nSPS) is 10.4. The van der Waals surface area contributed by atoms with Crippen LogP contribution < -0.4 is 15.4 Å². The molecule has 2 rings (SSSR count). The molecule has 0 aliphatic carbocycles. The number of hydrogen-bond acceptors (Lipinski definition) is 3. The highest BCUT2D eigenvalue weighted by Crippen LogP contribution is 2.24. The maximum Gasteiger partial charge on any atom is 0.255 e. The zero-order chi connectivity index (χ0) is 18.4. The van der Waals surface area contributed by atoms with Crippen LogP contribution in [0.2, 0.25) is 5.02 Å². The molecule has 2 aromatic rings. The van der Waals surface area contributed by atoms with Gasteiger partial charge in [-0.3, -0.25) is 9.59 Å². The van der Waals surface area contributed by atoms with Gasteiger partial charge in [-0.05, 0) is 49.7 Å². The second-order valence-electron chi connectivity index (χ2n) is 5.87. The molecule has 0 unspecified atom stereocenters. The third-order valence-corrected chi connectivity index (χ3v) is 3.48. The molecule has 0 saturated heterocycles. The summed E-state index contributed by atoms with van der Waals surface area (Å²) in [6.45, 7) is 5.55. The van der Waals surface area contributed by atoms with Crippen molar-refractivity contribution < 1.29 is 14.3 Å². The van der Waals surface area contributed by atoms with Crippen molar-refractivity contribution in [1.82, 2.24) is 5.32 Å². The molecule has 2 N–H and O–H groups in total. The number of halogens is 1. The van der Waals surface area contributed by atoms with Crippen LogP contribution in [0.3, 0.4) is 0 Å². The first kappa shape index (κ1) is 18.8. The molecule has 0 aliphatic heterocycles. The quantitative estimate of drug-likeness (QED) is 0.817. The summed E-state index contributed by atoms with van der Waals surface area (Å²) in [5.41, 5.74) is 1.94. The summed E-state index contributed by atoms with van der Waals surface area (Å²) < 4.78 is 5.67. The smallest absolute Gasteiger partial charge is 0.255 e. The molecule has 0 atom stereocenters. The third-order valence-electron chi connectivity index (χ3n) is 3.25. The molecular weight excluding hydrogens is 340 g/mol. The molecular formula is C19H21ClN2O3. The fourth-order valence-electron chi connectivity index (χ4n) is 2.28. The first-order valence-corrected chi connectivity index (χ1v) is 8.34. The van der Waals surface area contributed by atoms with Crippen LogP contribution in [0.1, 0.15) is 36.7 Å². The fourth-order valence-corrected chi connectivity index (χ4v) is 2.45. The van der Waals surface area contributed by atoms with E-state index in [1.54, 1.807) is 24.3 Å². The van der Waals surface area contributed by atoms with E-state index in [9.17, 15) is 9.59 Å². The Bertz CT molecular complexity index is 775. The molecule has 0 radical (unpaired) electrons. The number of carbonyl (C=O) groups is 2. The number of hydrogen-bond donors (Lipinski definition) is 2. The van der Waals surface area contributed by atoms with E-state index in [1.165, 1.54) is 6.92 Å². The van der Waals surface area contributed by atoms with Crippen molar-refractivity contribution in [1.29, 1.82) is 0 Å². The van der Waals surface area contributed by atoms with Gasteiger partial charge < -0.3 is 15.4 Å². The molecule has 0 bridgehead atoms. The van der Waals surface area contributed by atoms with Gasteiger partial charge in [0, 0.05) is 24.2 Å². The Morgan fingerprint density at radius 3 is 2.60 bits per heavy atom. The second-order valence-corrected chi connectivity index (χ2v) is 6.31.